The van der Waals surface area contributed by atoms with Gasteiger partial charge < -0.3 is 14.9 Å². The summed E-state index contributed by atoms with van der Waals surface area (Å²) in [5.74, 6) is 0.452. The molecular weight excluding hydrogens is 698 g/mol. The van der Waals surface area contributed by atoms with Crippen molar-refractivity contribution in [2.24, 2.45) is 11.8 Å². The first-order valence-corrected chi connectivity index (χ1v) is 17.6. The van der Waals surface area contributed by atoms with E-state index in [1.54, 1.807) is 0 Å². The molecule has 3 aliphatic rings. The minimum atomic E-state index is -0.784. The number of likely N-dealkylation sites (tertiary alicyclic amines) is 2. The van der Waals surface area contributed by atoms with E-state index >= 15 is 0 Å². The number of halogens is 3. The molecule has 232 valence electrons. The Hall–Kier alpha value is -1.97. The van der Waals surface area contributed by atoms with E-state index in [4.69, 9.17) is 21.7 Å². The standard InChI is InChI=1S/C33H40Br2ClN3O4/c34-25-17-24-7-6-23-18-26(36)19-27(35)31(23)32(33(24)37-20-25)22-10-14-39(15-11-22)29(41)16-21-8-12-38(13-9-21)28(40)4-2-1-3-5-30(42)43/h17-22,32H,1-16H2,(H,42,43)/t32-/m1/s1. The Morgan fingerprint density at radius 2 is 1.51 bits per heavy atom. The monoisotopic (exact) mass is 735 g/mol. The van der Waals surface area contributed by atoms with Crippen molar-refractivity contribution in [2.75, 3.05) is 26.2 Å². The number of carboxylic acid groups (broad SMARTS) is 1. The summed E-state index contributed by atoms with van der Waals surface area (Å²) in [6.45, 7) is 2.92. The van der Waals surface area contributed by atoms with Gasteiger partial charge in [-0.1, -0.05) is 34.0 Å². The average molecular weight is 738 g/mol. The van der Waals surface area contributed by atoms with E-state index in [0.717, 1.165) is 84.1 Å². The van der Waals surface area contributed by atoms with E-state index in [1.807, 2.05) is 17.2 Å². The van der Waals surface area contributed by atoms with Crippen LogP contribution in [-0.2, 0) is 27.2 Å². The highest BCUT2D eigenvalue weighted by Gasteiger charge is 2.37. The fraction of sp³-hybridized carbons (Fsp3) is 0.576. The molecule has 0 radical (unpaired) electrons. The number of carbonyl (C=O) groups excluding carboxylic acids is 2. The first kappa shape index (κ1) is 32.4. The molecular formula is C33H40Br2ClN3O4. The number of carbonyl (C=O) groups is 3. The number of nitrogens with zero attached hydrogens (tertiary/aromatic N) is 3. The Bertz CT molecular complexity index is 1340. The summed E-state index contributed by atoms with van der Waals surface area (Å²) in [6, 6.07) is 6.31. The number of piperidine rings is 2. The molecule has 0 saturated carbocycles. The quantitative estimate of drug-likeness (QED) is 0.271. The molecule has 10 heteroatoms. The van der Waals surface area contributed by atoms with Crippen LogP contribution in [0.15, 0.2) is 33.3 Å². The maximum absolute atomic E-state index is 13.4. The van der Waals surface area contributed by atoms with Gasteiger partial charge >= 0.3 is 5.97 Å². The van der Waals surface area contributed by atoms with Crippen LogP contribution in [0, 0.1) is 11.8 Å². The number of fused-ring (bicyclic) bond motifs is 2. The SMILES string of the molecule is O=C(O)CCCCCC(=O)N1CCC(CC(=O)N2CCC([C@H]3c4ncc(Br)cc4CCc4cc(Cl)cc(Br)c43)CC2)CC1. The van der Waals surface area contributed by atoms with E-state index in [1.165, 1.54) is 16.7 Å². The maximum atomic E-state index is 13.4. The Morgan fingerprint density at radius 3 is 2.23 bits per heavy atom. The van der Waals surface area contributed by atoms with Gasteiger partial charge in [-0.25, -0.2) is 0 Å². The molecule has 1 atom stereocenters. The number of pyridine rings is 1. The Labute approximate surface area is 276 Å². The summed E-state index contributed by atoms with van der Waals surface area (Å²) in [6.07, 6.45) is 10.6. The van der Waals surface area contributed by atoms with Crippen molar-refractivity contribution in [3.8, 4) is 0 Å². The number of amides is 2. The lowest BCUT2D eigenvalue weighted by Crippen LogP contribution is -2.43. The Balaban J connectivity index is 1.14. The van der Waals surface area contributed by atoms with Crippen molar-refractivity contribution < 1.29 is 19.5 Å². The molecule has 1 aliphatic carbocycles. The highest BCUT2D eigenvalue weighted by Crippen LogP contribution is 2.46. The number of hydrogen-bond donors (Lipinski definition) is 1. The molecule has 1 aromatic heterocycles. The van der Waals surface area contributed by atoms with Crippen molar-refractivity contribution in [2.45, 2.75) is 83.0 Å². The second-order valence-electron chi connectivity index (χ2n) is 12.3. The molecule has 1 N–H and O–H groups in total. The molecule has 0 unspecified atom stereocenters. The molecule has 7 nitrogen and oxygen atoms in total. The number of aromatic nitrogens is 1. The number of aliphatic carboxylic acids is 1. The van der Waals surface area contributed by atoms with Crippen molar-refractivity contribution in [3.63, 3.8) is 0 Å². The molecule has 43 heavy (non-hydrogen) atoms. The van der Waals surface area contributed by atoms with E-state index < -0.39 is 5.97 Å². The van der Waals surface area contributed by atoms with Crippen LogP contribution in [0.25, 0.3) is 0 Å². The van der Waals surface area contributed by atoms with Crippen LogP contribution in [0.4, 0.5) is 0 Å². The Kier molecular flexibility index (Phi) is 11.2. The second kappa shape index (κ2) is 14.9. The first-order valence-electron chi connectivity index (χ1n) is 15.6. The van der Waals surface area contributed by atoms with Crippen LogP contribution in [0.1, 0.15) is 92.5 Å². The predicted molar refractivity (Wildman–Crippen MR) is 174 cm³/mol. The molecule has 2 fully saturated rings. The summed E-state index contributed by atoms with van der Waals surface area (Å²) in [7, 11) is 0. The Morgan fingerprint density at radius 1 is 0.860 bits per heavy atom. The fourth-order valence-electron chi connectivity index (χ4n) is 7.16. The fourth-order valence-corrected chi connectivity index (χ4v) is 8.66. The minimum Gasteiger partial charge on any atom is -0.481 e. The summed E-state index contributed by atoms with van der Waals surface area (Å²) < 4.78 is 2.04. The molecule has 3 heterocycles. The zero-order valence-corrected chi connectivity index (χ0v) is 28.4. The van der Waals surface area contributed by atoms with E-state index in [-0.39, 0.29) is 24.2 Å². The van der Waals surface area contributed by atoms with E-state index in [2.05, 4.69) is 48.9 Å². The van der Waals surface area contributed by atoms with Gasteiger partial charge in [-0.15, -0.1) is 0 Å². The van der Waals surface area contributed by atoms with Crippen LogP contribution in [0.5, 0.6) is 0 Å². The van der Waals surface area contributed by atoms with Gasteiger partial charge in [0.15, 0.2) is 0 Å². The molecule has 1 aromatic carbocycles. The number of unbranched alkanes of at least 4 members (excludes halogenated alkanes) is 2. The summed E-state index contributed by atoms with van der Waals surface area (Å²) in [5, 5.41) is 9.49. The summed E-state index contributed by atoms with van der Waals surface area (Å²) in [4.78, 5) is 45.5. The largest absolute Gasteiger partial charge is 0.481 e. The molecule has 2 aliphatic heterocycles. The molecule has 0 spiro atoms. The van der Waals surface area contributed by atoms with Crippen molar-refractivity contribution >= 4 is 61.2 Å². The van der Waals surface area contributed by atoms with Gasteiger partial charge in [-0.05, 0) is 114 Å². The number of aryl methyl sites for hydroxylation is 2. The molecule has 2 aromatic rings. The number of benzene rings is 1. The topological polar surface area (TPSA) is 90.8 Å². The van der Waals surface area contributed by atoms with Crippen LogP contribution >= 0.6 is 43.5 Å². The van der Waals surface area contributed by atoms with Gasteiger partial charge in [0.05, 0.1) is 5.69 Å². The third kappa shape index (κ3) is 8.20. The molecule has 5 rings (SSSR count). The van der Waals surface area contributed by atoms with Gasteiger partial charge in [0.1, 0.15) is 0 Å². The third-order valence-electron chi connectivity index (χ3n) is 9.49. The van der Waals surface area contributed by atoms with Gasteiger partial charge in [0, 0.05) is 71.5 Å². The minimum absolute atomic E-state index is 0.152. The maximum Gasteiger partial charge on any atom is 0.303 e. The number of rotatable bonds is 9. The van der Waals surface area contributed by atoms with Crippen molar-refractivity contribution in [1.82, 2.24) is 14.8 Å². The summed E-state index contributed by atoms with van der Waals surface area (Å²) >= 11 is 13.9. The molecule has 0 bridgehead atoms. The molecule has 2 amide bonds. The van der Waals surface area contributed by atoms with Gasteiger partial charge in [-0.2, -0.15) is 0 Å². The van der Waals surface area contributed by atoms with Gasteiger partial charge in [0.2, 0.25) is 11.8 Å². The average Bonchev–Trinajstić information content (AvgIpc) is 3.14. The number of hydrogen-bond acceptors (Lipinski definition) is 4. The highest BCUT2D eigenvalue weighted by molar-refractivity contribution is 9.10. The lowest BCUT2D eigenvalue weighted by Gasteiger charge is -2.38. The van der Waals surface area contributed by atoms with E-state index in [0.29, 0.717) is 44.2 Å². The third-order valence-corrected chi connectivity index (χ3v) is 10.8. The van der Waals surface area contributed by atoms with Gasteiger partial charge in [0.25, 0.3) is 0 Å². The van der Waals surface area contributed by atoms with Crippen LogP contribution < -0.4 is 0 Å². The lowest BCUT2D eigenvalue weighted by molar-refractivity contribution is -0.137. The number of carboxylic acids is 1. The second-order valence-corrected chi connectivity index (χ2v) is 14.5. The zero-order valence-electron chi connectivity index (χ0n) is 24.5. The first-order chi connectivity index (χ1) is 20.7. The van der Waals surface area contributed by atoms with Crippen molar-refractivity contribution in [1.29, 1.82) is 0 Å². The normalized spacial score (nSPS) is 19.5. The van der Waals surface area contributed by atoms with Gasteiger partial charge in [-0.3, -0.25) is 19.4 Å². The lowest BCUT2D eigenvalue weighted by atomic mass is 9.76. The summed E-state index contributed by atoms with van der Waals surface area (Å²) in [5.41, 5.74) is 5.00. The van der Waals surface area contributed by atoms with Crippen LogP contribution in [0.2, 0.25) is 5.02 Å². The van der Waals surface area contributed by atoms with Crippen LogP contribution in [0.3, 0.4) is 0 Å². The highest BCUT2D eigenvalue weighted by atomic mass is 79.9. The smallest absolute Gasteiger partial charge is 0.303 e. The van der Waals surface area contributed by atoms with E-state index in [9.17, 15) is 14.4 Å². The molecule has 2 saturated heterocycles. The van der Waals surface area contributed by atoms with Crippen LogP contribution in [-0.4, -0.2) is 63.9 Å². The van der Waals surface area contributed by atoms with Crippen molar-refractivity contribution in [3.05, 3.63) is 60.7 Å². The zero-order chi connectivity index (χ0) is 30.5. The predicted octanol–water partition coefficient (Wildman–Crippen LogP) is 7.39.